The van der Waals surface area contributed by atoms with Crippen molar-refractivity contribution < 1.29 is 19.2 Å². The van der Waals surface area contributed by atoms with Crippen LogP contribution in [0.5, 0.6) is 11.5 Å². The lowest BCUT2D eigenvalue weighted by Crippen LogP contribution is -2.32. The molecule has 1 aliphatic carbocycles. The number of amides is 1. The number of hydrogen-bond donors (Lipinski definition) is 0. The van der Waals surface area contributed by atoms with Gasteiger partial charge in [0.05, 0.1) is 25.7 Å². The summed E-state index contributed by atoms with van der Waals surface area (Å²) >= 11 is 0. The monoisotopic (exact) mass is 356 g/mol. The van der Waals surface area contributed by atoms with E-state index in [1.54, 1.807) is 37.3 Å². The summed E-state index contributed by atoms with van der Waals surface area (Å²) in [5, 5.41) is 11.0. The average Bonchev–Trinajstić information content (AvgIpc) is 3.50. The average molecular weight is 356 g/mol. The van der Waals surface area contributed by atoms with Crippen LogP contribution in [0, 0.1) is 10.1 Å². The van der Waals surface area contributed by atoms with Crippen LogP contribution in [0.4, 0.5) is 5.69 Å². The molecule has 1 fully saturated rings. The summed E-state index contributed by atoms with van der Waals surface area (Å²) < 4.78 is 10.7. The zero-order valence-corrected chi connectivity index (χ0v) is 14.7. The van der Waals surface area contributed by atoms with E-state index in [0.717, 1.165) is 18.4 Å². The third kappa shape index (κ3) is 3.77. The van der Waals surface area contributed by atoms with E-state index in [0.29, 0.717) is 23.6 Å². The van der Waals surface area contributed by atoms with Gasteiger partial charge in [-0.15, -0.1) is 0 Å². The molecule has 0 bridgehead atoms. The second-order valence-corrected chi connectivity index (χ2v) is 6.15. The molecule has 1 saturated carbocycles. The van der Waals surface area contributed by atoms with Crippen molar-refractivity contribution in [3.05, 3.63) is 63.7 Å². The quantitative estimate of drug-likeness (QED) is 0.561. The zero-order valence-electron chi connectivity index (χ0n) is 14.7. The van der Waals surface area contributed by atoms with E-state index in [2.05, 4.69) is 0 Å². The van der Waals surface area contributed by atoms with Crippen LogP contribution < -0.4 is 9.47 Å². The number of nitrogens with zero attached hydrogens (tertiary/aromatic N) is 2. The van der Waals surface area contributed by atoms with Crippen LogP contribution in [0.3, 0.4) is 0 Å². The van der Waals surface area contributed by atoms with Gasteiger partial charge in [0.15, 0.2) is 0 Å². The van der Waals surface area contributed by atoms with Crippen molar-refractivity contribution in [3.63, 3.8) is 0 Å². The molecule has 0 spiro atoms. The maximum absolute atomic E-state index is 13.0. The molecule has 1 aliphatic rings. The van der Waals surface area contributed by atoms with Gasteiger partial charge in [-0.25, -0.2) is 0 Å². The highest BCUT2D eigenvalue weighted by Gasteiger charge is 2.34. The van der Waals surface area contributed by atoms with E-state index >= 15 is 0 Å². The second-order valence-electron chi connectivity index (χ2n) is 6.15. The Kier molecular flexibility index (Phi) is 5.06. The Morgan fingerprint density at radius 3 is 2.58 bits per heavy atom. The van der Waals surface area contributed by atoms with Gasteiger partial charge in [-0.1, -0.05) is 6.07 Å². The van der Waals surface area contributed by atoms with E-state index in [-0.39, 0.29) is 17.6 Å². The number of nitro benzene ring substituents is 1. The number of ether oxygens (including phenoxy) is 2. The molecule has 0 heterocycles. The Hall–Kier alpha value is -3.09. The SMILES string of the molecule is COc1ccc(OC)c(CN(C(=O)c2cccc([N+](=O)[O-])c2)C2CC2)c1. The fraction of sp³-hybridized carbons (Fsp3) is 0.316. The van der Waals surface area contributed by atoms with Gasteiger partial charge >= 0.3 is 0 Å². The summed E-state index contributed by atoms with van der Waals surface area (Å²) in [6, 6.07) is 11.4. The Morgan fingerprint density at radius 2 is 1.96 bits per heavy atom. The third-order valence-electron chi connectivity index (χ3n) is 4.38. The van der Waals surface area contributed by atoms with Gasteiger partial charge in [0.1, 0.15) is 11.5 Å². The summed E-state index contributed by atoms with van der Waals surface area (Å²) in [5.41, 5.74) is 1.05. The standard InChI is InChI=1S/C19H20N2O5/c1-25-17-8-9-18(26-2)14(11-17)12-20(15-6-7-15)19(22)13-4-3-5-16(10-13)21(23)24/h3-5,8-11,15H,6-7,12H2,1-2H3. The van der Waals surface area contributed by atoms with E-state index in [1.807, 2.05) is 6.07 Å². The fourth-order valence-electron chi connectivity index (χ4n) is 2.86. The molecule has 0 aromatic heterocycles. The van der Waals surface area contributed by atoms with Crippen molar-refractivity contribution in [2.45, 2.75) is 25.4 Å². The van der Waals surface area contributed by atoms with Crippen LogP contribution >= 0.6 is 0 Å². The van der Waals surface area contributed by atoms with Gasteiger partial charge in [-0.2, -0.15) is 0 Å². The largest absolute Gasteiger partial charge is 0.497 e. The van der Waals surface area contributed by atoms with E-state index in [9.17, 15) is 14.9 Å². The molecule has 0 aliphatic heterocycles. The summed E-state index contributed by atoms with van der Waals surface area (Å²) in [4.78, 5) is 25.2. The van der Waals surface area contributed by atoms with Gasteiger partial charge in [0.2, 0.25) is 0 Å². The summed E-state index contributed by atoms with van der Waals surface area (Å²) in [6.45, 7) is 0.354. The summed E-state index contributed by atoms with van der Waals surface area (Å²) in [5.74, 6) is 1.13. The highest BCUT2D eigenvalue weighted by Crippen LogP contribution is 2.33. The predicted molar refractivity (Wildman–Crippen MR) is 95.5 cm³/mol. The maximum atomic E-state index is 13.0. The van der Waals surface area contributed by atoms with Crippen molar-refractivity contribution in [1.82, 2.24) is 4.90 Å². The normalized spacial score (nSPS) is 13.2. The minimum Gasteiger partial charge on any atom is -0.497 e. The number of benzene rings is 2. The van der Waals surface area contributed by atoms with Gasteiger partial charge < -0.3 is 14.4 Å². The maximum Gasteiger partial charge on any atom is 0.270 e. The van der Waals surface area contributed by atoms with E-state index < -0.39 is 4.92 Å². The van der Waals surface area contributed by atoms with Crippen LogP contribution in [0.25, 0.3) is 0 Å². The first kappa shape index (κ1) is 17.7. The first-order valence-corrected chi connectivity index (χ1v) is 8.30. The zero-order chi connectivity index (χ0) is 18.7. The predicted octanol–water partition coefficient (Wildman–Crippen LogP) is 3.42. The molecule has 1 amide bonds. The van der Waals surface area contributed by atoms with Crippen molar-refractivity contribution in [2.75, 3.05) is 14.2 Å². The van der Waals surface area contributed by atoms with Gasteiger partial charge in [-0.3, -0.25) is 14.9 Å². The van der Waals surface area contributed by atoms with Crippen molar-refractivity contribution >= 4 is 11.6 Å². The molecule has 0 unspecified atom stereocenters. The Morgan fingerprint density at radius 1 is 1.19 bits per heavy atom. The number of carbonyl (C=O) groups is 1. The molecule has 136 valence electrons. The molecule has 0 N–H and O–H groups in total. The molecule has 0 saturated heterocycles. The highest BCUT2D eigenvalue weighted by molar-refractivity contribution is 5.95. The minimum absolute atomic E-state index is 0.0921. The summed E-state index contributed by atoms with van der Waals surface area (Å²) in [6.07, 6.45) is 1.85. The fourth-order valence-corrected chi connectivity index (χ4v) is 2.86. The first-order chi connectivity index (χ1) is 12.5. The molecule has 2 aromatic carbocycles. The van der Waals surface area contributed by atoms with Gasteiger partial charge in [0, 0.05) is 29.3 Å². The van der Waals surface area contributed by atoms with Crippen LogP contribution in [0.15, 0.2) is 42.5 Å². The van der Waals surface area contributed by atoms with Gasteiger partial charge in [0.25, 0.3) is 11.6 Å². The van der Waals surface area contributed by atoms with E-state index in [4.69, 9.17) is 9.47 Å². The lowest BCUT2D eigenvalue weighted by molar-refractivity contribution is -0.384. The van der Waals surface area contributed by atoms with Crippen molar-refractivity contribution in [3.8, 4) is 11.5 Å². The van der Waals surface area contributed by atoms with Gasteiger partial charge in [-0.05, 0) is 37.1 Å². The Bertz CT molecular complexity index is 832. The molecular formula is C19H20N2O5. The van der Waals surface area contributed by atoms with Crippen molar-refractivity contribution in [1.29, 1.82) is 0 Å². The Balaban J connectivity index is 1.90. The third-order valence-corrected chi connectivity index (χ3v) is 4.38. The molecule has 0 radical (unpaired) electrons. The molecular weight excluding hydrogens is 336 g/mol. The van der Waals surface area contributed by atoms with Crippen LogP contribution in [-0.2, 0) is 6.54 Å². The Labute approximate surface area is 151 Å². The van der Waals surface area contributed by atoms with Crippen LogP contribution in [0.2, 0.25) is 0 Å². The number of nitro groups is 1. The molecule has 2 aromatic rings. The highest BCUT2D eigenvalue weighted by atomic mass is 16.6. The molecule has 3 rings (SSSR count). The number of non-ortho nitro benzene ring substituents is 1. The molecule has 26 heavy (non-hydrogen) atoms. The van der Waals surface area contributed by atoms with E-state index in [1.165, 1.54) is 18.2 Å². The number of methoxy groups -OCH3 is 2. The number of rotatable bonds is 7. The minimum atomic E-state index is -0.497. The smallest absolute Gasteiger partial charge is 0.270 e. The topological polar surface area (TPSA) is 81.9 Å². The number of hydrogen-bond acceptors (Lipinski definition) is 5. The first-order valence-electron chi connectivity index (χ1n) is 8.30. The number of carbonyl (C=O) groups excluding carboxylic acids is 1. The lowest BCUT2D eigenvalue weighted by atomic mass is 10.1. The van der Waals surface area contributed by atoms with Crippen LogP contribution in [-0.4, -0.2) is 36.0 Å². The lowest BCUT2D eigenvalue weighted by Gasteiger charge is -2.24. The molecule has 0 atom stereocenters. The molecule has 7 nitrogen and oxygen atoms in total. The second kappa shape index (κ2) is 7.43. The van der Waals surface area contributed by atoms with Crippen molar-refractivity contribution in [2.24, 2.45) is 0 Å². The summed E-state index contributed by atoms with van der Waals surface area (Å²) in [7, 11) is 3.16. The van der Waals surface area contributed by atoms with Crippen LogP contribution in [0.1, 0.15) is 28.8 Å². The molecule has 7 heteroatoms.